The van der Waals surface area contributed by atoms with Gasteiger partial charge in [-0.2, -0.15) is 0 Å². The van der Waals surface area contributed by atoms with Crippen LogP contribution in [0.2, 0.25) is 0 Å². The zero-order valence-electron chi connectivity index (χ0n) is 19.2. The average Bonchev–Trinajstić information content (AvgIpc) is 2.61. The number of carbonyl (C=O) groups is 3. The van der Waals surface area contributed by atoms with Crippen LogP contribution in [-0.4, -0.2) is 52.8 Å². The van der Waals surface area contributed by atoms with Gasteiger partial charge < -0.3 is 30.7 Å². The number of carbonyl (C=O) groups excluding carboxylic acids is 3. The molecule has 3 amide bonds. The number of likely N-dealkylation sites (tertiary alicyclic amines) is 1. The molecule has 0 radical (unpaired) electrons. The third kappa shape index (κ3) is 7.04. The molecule has 0 saturated carbocycles. The Kier molecular flexibility index (Phi) is 7.08. The Balaban J connectivity index is 2.19. The number of hydrogen-bond acceptors (Lipinski definition) is 6. The summed E-state index contributed by atoms with van der Waals surface area (Å²) in [5.74, 6) is -0.417. The van der Waals surface area contributed by atoms with Crippen molar-refractivity contribution in [3.05, 3.63) is 24.3 Å². The lowest BCUT2D eigenvalue weighted by Crippen LogP contribution is -2.63. The molecule has 172 valence electrons. The van der Waals surface area contributed by atoms with Crippen LogP contribution in [0, 0.1) is 0 Å². The number of anilines is 2. The summed E-state index contributed by atoms with van der Waals surface area (Å²) in [5.41, 5.74) is 4.21. The fourth-order valence-corrected chi connectivity index (χ4v) is 3.16. The van der Waals surface area contributed by atoms with Gasteiger partial charge in [0.15, 0.2) is 0 Å². The topological polar surface area (TPSA) is 123 Å². The highest BCUT2D eigenvalue weighted by Gasteiger charge is 2.45. The number of para-hydroxylation sites is 2. The highest BCUT2D eigenvalue weighted by atomic mass is 16.6. The van der Waals surface area contributed by atoms with Crippen molar-refractivity contribution in [3.63, 3.8) is 0 Å². The van der Waals surface area contributed by atoms with E-state index in [4.69, 9.17) is 15.2 Å². The van der Waals surface area contributed by atoms with Gasteiger partial charge in [0.1, 0.15) is 16.7 Å². The molecule has 2 rings (SSSR count). The van der Waals surface area contributed by atoms with Crippen LogP contribution in [0.3, 0.4) is 0 Å². The molecule has 0 spiro atoms. The first-order chi connectivity index (χ1) is 14.2. The average molecular weight is 435 g/mol. The minimum absolute atomic E-state index is 0.198. The van der Waals surface area contributed by atoms with Gasteiger partial charge in [-0.25, -0.2) is 9.59 Å². The van der Waals surface area contributed by atoms with Crippen LogP contribution >= 0.6 is 0 Å². The Morgan fingerprint density at radius 3 is 2.03 bits per heavy atom. The van der Waals surface area contributed by atoms with Crippen LogP contribution < -0.4 is 16.4 Å². The third-order valence-corrected chi connectivity index (χ3v) is 4.65. The number of nitrogens with one attached hydrogen (secondary N) is 2. The molecule has 0 atom stereocenters. The van der Waals surface area contributed by atoms with Gasteiger partial charge in [-0.15, -0.1) is 0 Å². The van der Waals surface area contributed by atoms with Crippen LogP contribution in [0.4, 0.5) is 21.0 Å². The highest BCUT2D eigenvalue weighted by molar-refractivity contribution is 6.02. The lowest BCUT2D eigenvalue weighted by molar-refractivity contribution is -0.124. The molecule has 31 heavy (non-hydrogen) atoms. The maximum Gasteiger partial charge on any atom is 0.410 e. The third-order valence-electron chi connectivity index (χ3n) is 4.65. The standard InChI is InChI=1S/C22H34N4O5/c1-20(2,3)30-18(28)25-22(17(27)24-16-10-8-7-9-15(16)23)11-13-26(14-12-22)19(29)31-21(4,5)6/h7-10H,11-14,23H2,1-6H3,(H,24,27)(H,25,28). The van der Waals surface area contributed by atoms with Gasteiger partial charge in [0.2, 0.25) is 5.91 Å². The maximum atomic E-state index is 13.3. The molecule has 0 unspecified atom stereocenters. The Morgan fingerprint density at radius 2 is 1.52 bits per heavy atom. The second kappa shape index (κ2) is 9.03. The second-order valence-electron chi connectivity index (χ2n) is 9.72. The van der Waals surface area contributed by atoms with E-state index in [1.807, 2.05) is 0 Å². The summed E-state index contributed by atoms with van der Waals surface area (Å²) in [6.07, 6.45) is -0.755. The van der Waals surface area contributed by atoms with Crippen molar-refractivity contribution in [2.45, 2.75) is 71.1 Å². The number of hydrogen-bond donors (Lipinski definition) is 3. The van der Waals surface area contributed by atoms with E-state index < -0.39 is 34.8 Å². The molecule has 1 aromatic carbocycles. The van der Waals surface area contributed by atoms with E-state index in [9.17, 15) is 14.4 Å². The lowest BCUT2D eigenvalue weighted by Gasteiger charge is -2.41. The van der Waals surface area contributed by atoms with E-state index in [1.54, 1.807) is 65.8 Å². The molecule has 0 aliphatic carbocycles. The second-order valence-corrected chi connectivity index (χ2v) is 9.72. The van der Waals surface area contributed by atoms with Gasteiger partial charge in [0, 0.05) is 13.1 Å². The highest BCUT2D eigenvalue weighted by Crippen LogP contribution is 2.28. The minimum atomic E-state index is -1.26. The molecule has 0 aromatic heterocycles. The summed E-state index contributed by atoms with van der Waals surface area (Å²) in [6, 6.07) is 6.88. The Bertz CT molecular complexity index is 818. The number of piperidine rings is 1. The monoisotopic (exact) mass is 434 g/mol. The van der Waals surface area contributed by atoms with Crippen molar-refractivity contribution in [1.82, 2.24) is 10.2 Å². The maximum absolute atomic E-state index is 13.3. The first kappa shape index (κ1) is 24.3. The number of alkyl carbamates (subject to hydrolysis) is 1. The van der Waals surface area contributed by atoms with E-state index >= 15 is 0 Å². The summed E-state index contributed by atoms with van der Waals surface area (Å²) in [7, 11) is 0. The van der Waals surface area contributed by atoms with Crippen molar-refractivity contribution in [2.24, 2.45) is 0 Å². The van der Waals surface area contributed by atoms with Crippen LogP contribution in [0.5, 0.6) is 0 Å². The first-order valence-corrected chi connectivity index (χ1v) is 10.4. The molecule has 1 fully saturated rings. The molecule has 1 heterocycles. The molecular formula is C22H34N4O5. The van der Waals surface area contributed by atoms with E-state index in [0.29, 0.717) is 11.4 Å². The molecule has 0 bridgehead atoms. The molecule has 9 heteroatoms. The smallest absolute Gasteiger partial charge is 0.410 e. The zero-order chi connectivity index (χ0) is 23.4. The van der Waals surface area contributed by atoms with Crippen molar-refractivity contribution in [2.75, 3.05) is 24.1 Å². The summed E-state index contributed by atoms with van der Waals surface area (Å²) < 4.78 is 10.8. The van der Waals surface area contributed by atoms with Gasteiger partial charge in [0.05, 0.1) is 11.4 Å². The number of nitrogens with two attached hydrogens (primary N) is 1. The molecular weight excluding hydrogens is 400 g/mol. The predicted octanol–water partition coefficient (Wildman–Crippen LogP) is 3.50. The molecule has 1 saturated heterocycles. The SMILES string of the molecule is CC(C)(C)OC(=O)NC1(C(=O)Nc2ccccc2N)CCN(C(=O)OC(C)(C)C)CC1. The van der Waals surface area contributed by atoms with Crippen LogP contribution in [0.1, 0.15) is 54.4 Å². The van der Waals surface area contributed by atoms with Gasteiger partial charge in [-0.3, -0.25) is 4.79 Å². The predicted molar refractivity (Wildman–Crippen MR) is 119 cm³/mol. The summed E-state index contributed by atoms with van der Waals surface area (Å²) in [5, 5.41) is 5.55. The molecule has 1 aliphatic rings. The number of amides is 3. The minimum Gasteiger partial charge on any atom is -0.444 e. The van der Waals surface area contributed by atoms with Crippen molar-refractivity contribution >= 4 is 29.5 Å². The Morgan fingerprint density at radius 1 is 0.968 bits per heavy atom. The largest absolute Gasteiger partial charge is 0.444 e. The first-order valence-electron chi connectivity index (χ1n) is 10.4. The van der Waals surface area contributed by atoms with Gasteiger partial charge >= 0.3 is 12.2 Å². The fourth-order valence-electron chi connectivity index (χ4n) is 3.16. The van der Waals surface area contributed by atoms with Crippen molar-refractivity contribution in [3.8, 4) is 0 Å². The normalized spacial score (nSPS) is 16.3. The number of rotatable bonds is 3. The molecule has 1 aromatic rings. The zero-order valence-corrected chi connectivity index (χ0v) is 19.2. The lowest BCUT2D eigenvalue weighted by atomic mass is 9.86. The molecule has 9 nitrogen and oxygen atoms in total. The number of benzene rings is 1. The van der Waals surface area contributed by atoms with E-state index in [2.05, 4.69) is 10.6 Å². The van der Waals surface area contributed by atoms with E-state index in [1.165, 1.54) is 4.90 Å². The van der Waals surface area contributed by atoms with Crippen LogP contribution in [0.15, 0.2) is 24.3 Å². The van der Waals surface area contributed by atoms with Crippen molar-refractivity contribution < 1.29 is 23.9 Å². The van der Waals surface area contributed by atoms with E-state index in [0.717, 1.165) is 0 Å². The van der Waals surface area contributed by atoms with Gasteiger partial charge in [0.25, 0.3) is 0 Å². The van der Waals surface area contributed by atoms with Crippen molar-refractivity contribution in [1.29, 1.82) is 0 Å². The number of ether oxygens (including phenoxy) is 2. The quantitative estimate of drug-likeness (QED) is 0.626. The van der Waals surface area contributed by atoms with Gasteiger partial charge in [-0.05, 0) is 66.5 Å². The number of nitrogen functional groups attached to an aromatic ring is 1. The van der Waals surface area contributed by atoms with Gasteiger partial charge in [-0.1, -0.05) is 12.1 Å². The van der Waals surface area contributed by atoms with Crippen LogP contribution in [-0.2, 0) is 14.3 Å². The van der Waals surface area contributed by atoms with Crippen LogP contribution in [0.25, 0.3) is 0 Å². The Labute approximate surface area is 183 Å². The summed E-state index contributed by atoms with van der Waals surface area (Å²) in [4.78, 5) is 39.7. The summed E-state index contributed by atoms with van der Waals surface area (Å²) in [6.45, 7) is 11.1. The summed E-state index contributed by atoms with van der Waals surface area (Å²) >= 11 is 0. The number of nitrogens with zero attached hydrogens (tertiary/aromatic N) is 1. The Hall–Kier alpha value is -2.97. The molecule has 4 N–H and O–H groups in total. The fraction of sp³-hybridized carbons (Fsp3) is 0.591. The van der Waals surface area contributed by atoms with E-state index in [-0.39, 0.29) is 25.9 Å². The molecule has 1 aliphatic heterocycles.